The Morgan fingerprint density at radius 2 is 2.00 bits per heavy atom. The fraction of sp³-hybridized carbons (Fsp3) is 0.353. The van der Waals surface area contributed by atoms with Crippen LogP contribution >= 0.6 is 24.0 Å². The van der Waals surface area contributed by atoms with Crippen molar-refractivity contribution in [2.75, 3.05) is 25.1 Å². The number of halogens is 1. The van der Waals surface area contributed by atoms with Crippen molar-refractivity contribution in [3.8, 4) is 11.5 Å². The van der Waals surface area contributed by atoms with Gasteiger partial charge in [0.05, 0.1) is 25.2 Å². The van der Waals surface area contributed by atoms with Crippen LogP contribution in [-0.2, 0) is 6.42 Å². The van der Waals surface area contributed by atoms with Gasteiger partial charge in [0.15, 0.2) is 5.96 Å². The lowest BCUT2D eigenvalue weighted by Crippen LogP contribution is -2.23. The Balaban J connectivity index is 0.00000288. The molecule has 0 saturated carbocycles. The van der Waals surface area contributed by atoms with Crippen molar-refractivity contribution >= 4 is 35.6 Å². The molecule has 2 rings (SSSR count). The van der Waals surface area contributed by atoms with Gasteiger partial charge in [0.25, 0.3) is 0 Å². The highest BCUT2D eigenvalue weighted by atomic mass is 127. The average Bonchev–Trinajstić information content (AvgIpc) is 3.04. The Hall–Kier alpha value is -1.90. The summed E-state index contributed by atoms with van der Waals surface area (Å²) < 4.78 is 16.4. The number of anilines is 1. The van der Waals surface area contributed by atoms with Crippen LogP contribution in [0.1, 0.15) is 19.6 Å². The van der Waals surface area contributed by atoms with Crippen LogP contribution < -0.4 is 20.5 Å². The third-order valence-corrected chi connectivity index (χ3v) is 3.05. The highest BCUT2D eigenvalue weighted by Crippen LogP contribution is 2.29. The fourth-order valence-electron chi connectivity index (χ4n) is 2.06. The number of hydrogen-bond donors (Lipinski definition) is 2. The Labute approximate surface area is 159 Å². The second kappa shape index (κ2) is 10.8. The number of benzene rings is 1. The lowest BCUT2D eigenvalue weighted by molar-refractivity contribution is 0.332. The Kier molecular flexibility index (Phi) is 9.06. The van der Waals surface area contributed by atoms with Crippen LogP contribution in [0.5, 0.6) is 11.5 Å². The number of guanidine groups is 1. The zero-order valence-electron chi connectivity index (χ0n) is 14.0. The molecule has 0 aliphatic rings. The van der Waals surface area contributed by atoms with E-state index >= 15 is 0 Å². The maximum atomic E-state index is 5.95. The van der Waals surface area contributed by atoms with E-state index in [2.05, 4.69) is 10.3 Å². The van der Waals surface area contributed by atoms with Gasteiger partial charge in [0.1, 0.15) is 17.3 Å². The molecule has 0 bridgehead atoms. The molecule has 6 nitrogen and oxygen atoms in total. The molecule has 1 aromatic carbocycles. The molecule has 0 saturated heterocycles. The van der Waals surface area contributed by atoms with Gasteiger partial charge in [0, 0.05) is 19.0 Å². The zero-order chi connectivity index (χ0) is 16.5. The quantitative estimate of drug-likeness (QED) is 0.368. The number of ether oxygens (including phenoxy) is 2. The van der Waals surface area contributed by atoms with Gasteiger partial charge in [-0.2, -0.15) is 0 Å². The second-order valence-electron chi connectivity index (χ2n) is 4.75. The summed E-state index contributed by atoms with van der Waals surface area (Å²) >= 11 is 0. The van der Waals surface area contributed by atoms with Crippen molar-refractivity contribution in [3.05, 3.63) is 42.4 Å². The predicted molar refractivity (Wildman–Crippen MR) is 107 cm³/mol. The van der Waals surface area contributed by atoms with Crippen molar-refractivity contribution < 1.29 is 13.9 Å². The largest absolute Gasteiger partial charge is 0.494 e. The number of hydrogen-bond acceptors (Lipinski definition) is 4. The molecule has 1 heterocycles. The molecule has 0 unspecified atom stereocenters. The Morgan fingerprint density at radius 1 is 1.21 bits per heavy atom. The van der Waals surface area contributed by atoms with E-state index in [4.69, 9.17) is 19.6 Å². The molecular weight excluding hydrogens is 421 g/mol. The molecule has 3 N–H and O–H groups in total. The number of rotatable bonds is 8. The standard InChI is InChI=1S/C17H23N3O3.HI/c1-3-21-14-7-8-16(22-4-2)15(12-14)20-17(18)19-10-9-13-6-5-11-23-13;/h5-8,11-12H,3-4,9-10H2,1-2H3,(H3,18,19,20);1H. The topological polar surface area (TPSA) is 82.0 Å². The maximum Gasteiger partial charge on any atom is 0.193 e. The van der Waals surface area contributed by atoms with Crippen molar-refractivity contribution in [3.63, 3.8) is 0 Å². The van der Waals surface area contributed by atoms with E-state index in [0.717, 1.165) is 17.2 Å². The van der Waals surface area contributed by atoms with Gasteiger partial charge >= 0.3 is 0 Å². The molecule has 132 valence electrons. The van der Waals surface area contributed by atoms with E-state index in [-0.39, 0.29) is 24.0 Å². The SMILES string of the molecule is CCOc1ccc(OCC)c(NC(N)=NCCc2ccco2)c1.I. The Bertz CT molecular complexity index is 630. The number of furan rings is 1. The summed E-state index contributed by atoms with van der Waals surface area (Å²) in [5.41, 5.74) is 6.68. The van der Waals surface area contributed by atoms with Gasteiger partial charge < -0.3 is 24.9 Å². The van der Waals surface area contributed by atoms with E-state index in [1.54, 1.807) is 6.26 Å². The van der Waals surface area contributed by atoms with Crippen molar-refractivity contribution in [1.82, 2.24) is 0 Å². The van der Waals surface area contributed by atoms with Crippen molar-refractivity contribution in [2.24, 2.45) is 10.7 Å². The summed E-state index contributed by atoms with van der Waals surface area (Å²) in [6.45, 7) is 5.58. The van der Waals surface area contributed by atoms with Crippen LogP contribution in [0.4, 0.5) is 5.69 Å². The third kappa shape index (κ3) is 6.31. The minimum absolute atomic E-state index is 0. The zero-order valence-corrected chi connectivity index (χ0v) is 16.3. The van der Waals surface area contributed by atoms with Crippen LogP contribution in [0, 0.1) is 0 Å². The number of nitrogens with one attached hydrogen (secondary N) is 1. The molecule has 0 amide bonds. The summed E-state index contributed by atoms with van der Waals surface area (Å²) in [5, 5.41) is 3.07. The highest BCUT2D eigenvalue weighted by molar-refractivity contribution is 14.0. The number of nitrogens with two attached hydrogens (primary N) is 1. The first kappa shape index (κ1) is 20.1. The Morgan fingerprint density at radius 3 is 2.67 bits per heavy atom. The maximum absolute atomic E-state index is 5.95. The minimum atomic E-state index is 0. The van der Waals surface area contributed by atoms with Gasteiger partial charge in [0.2, 0.25) is 0 Å². The van der Waals surface area contributed by atoms with Crippen molar-refractivity contribution in [1.29, 1.82) is 0 Å². The van der Waals surface area contributed by atoms with Gasteiger partial charge in [-0.1, -0.05) is 0 Å². The first-order valence-corrected chi connectivity index (χ1v) is 7.72. The molecule has 0 aliphatic carbocycles. The van der Waals surface area contributed by atoms with Crippen LogP contribution in [-0.4, -0.2) is 25.7 Å². The highest BCUT2D eigenvalue weighted by Gasteiger charge is 2.07. The van der Waals surface area contributed by atoms with Gasteiger partial charge in [-0.15, -0.1) is 24.0 Å². The minimum Gasteiger partial charge on any atom is -0.494 e. The molecule has 2 aromatic rings. The first-order chi connectivity index (χ1) is 11.2. The molecule has 0 aliphatic heterocycles. The first-order valence-electron chi connectivity index (χ1n) is 7.72. The predicted octanol–water partition coefficient (Wildman–Crippen LogP) is 3.66. The lowest BCUT2D eigenvalue weighted by atomic mass is 10.2. The molecule has 0 fully saturated rings. The molecule has 24 heavy (non-hydrogen) atoms. The van der Waals surface area contributed by atoms with Gasteiger partial charge in [-0.05, 0) is 38.1 Å². The van der Waals surface area contributed by atoms with E-state index in [1.807, 2.05) is 44.2 Å². The monoisotopic (exact) mass is 445 g/mol. The number of aliphatic imine (C=N–C) groups is 1. The lowest BCUT2D eigenvalue weighted by Gasteiger charge is -2.13. The molecule has 7 heteroatoms. The van der Waals surface area contributed by atoms with Crippen LogP contribution in [0.15, 0.2) is 46.0 Å². The molecule has 0 spiro atoms. The third-order valence-electron chi connectivity index (χ3n) is 3.05. The summed E-state index contributed by atoms with van der Waals surface area (Å²) in [4.78, 5) is 4.30. The summed E-state index contributed by atoms with van der Waals surface area (Å²) in [6.07, 6.45) is 2.35. The summed E-state index contributed by atoms with van der Waals surface area (Å²) in [6, 6.07) is 9.34. The second-order valence-corrected chi connectivity index (χ2v) is 4.75. The smallest absolute Gasteiger partial charge is 0.193 e. The van der Waals surface area contributed by atoms with E-state index in [0.29, 0.717) is 37.9 Å². The van der Waals surface area contributed by atoms with Gasteiger partial charge in [-0.25, -0.2) is 0 Å². The van der Waals surface area contributed by atoms with Gasteiger partial charge in [-0.3, -0.25) is 4.99 Å². The van der Waals surface area contributed by atoms with E-state index in [9.17, 15) is 0 Å². The molecule has 1 aromatic heterocycles. The van der Waals surface area contributed by atoms with E-state index in [1.165, 1.54) is 0 Å². The van der Waals surface area contributed by atoms with Crippen LogP contribution in [0.2, 0.25) is 0 Å². The molecule has 0 atom stereocenters. The average molecular weight is 445 g/mol. The molecule has 0 radical (unpaired) electrons. The summed E-state index contributed by atoms with van der Waals surface area (Å²) in [7, 11) is 0. The number of nitrogens with zero attached hydrogens (tertiary/aromatic N) is 1. The fourth-order valence-corrected chi connectivity index (χ4v) is 2.06. The molecular formula is C17H24IN3O3. The summed E-state index contributed by atoms with van der Waals surface area (Å²) in [5.74, 6) is 2.67. The van der Waals surface area contributed by atoms with Crippen LogP contribution in [0.3, 0.4) is 0 Å². The normalized spacial score (nSPS) is 10.8. The van der Waals surface area contributed by atoms with Crippen LogP contribution in [0.25, 0.3) is 0 Å². The van der Waals surface area contributed by atoms with Crippen molar-refractivity contribution in [2.45, 2.75) is 20.3 Å². The van der Waals surface area contributed by atoms with E-state index < -0.39 is 0 Å².